The van der Waals surface area contributed by atoms with E-state index in [2.05, 4.69) is 4.72 Å². The summed E-state index contributed by atoms with van der Waals surface area (Å²) >= 11 is 0. The van der Waals surface area contributed by atoms with Gasteiger partial charge in [0.05, 0.1) is 4.90 Å². The van der Waals surface area contributed by atoms with Crippen molar-refractivity contribution in [2.45, 2.75) is 62.3 Å². The quantitative estimate of drug-likeness (QED) is 0.785. The summed E-state index contributed by atoms with van der Waals surface area (Å²) in [4.78, 5) is 14.5. The average Bonchev–Trinajstić information content (AvgIpc) is 2.67. The number of nitrogens with zero attached hydrogens (tertiary/aromatic N) is 1. The average molecular weight is 380 g/mol. The van der Waals surface area contributed by atoms with E-state index in [1.54, 1.807) is 12.1 Å². The van der Waals surface area contributed by atoms with Crippen molar-refractivity contribution in [3.05, 3.63) is 29.3 Å². The molecule has 0 saturated carbocycles. The minimum atomic E-state index is -3.58. The molecule has 0 radical (unpaired) electrons. The lowest BCUT2D eigenvalue weighted by atomic mass is 9.92. The molecule has 1 aliphatic carbocycles. The number of rotatable bonds is 6. The van der Waals surface area contributed by atoms with Crippen LogP contribution >= 0.6 is 0 Å². The van der Waals surface area contributed by atoms with Crippen LogP contribution in [0.1, 0.15) is 49.7 Å². The van der Waals surface area contributed by atoms with E-state index in [0.717, 1.165) is 50.6 Å². The molecule has 3 N–H and O–H groups in total. The second-order valence-corrected chi connectivity index (χ2v) is 9.02. The summed E-state index contributed by atoms with van der Waals surface area (Å²) in [5.74, 6) is -0.0201. The van der Waals surface area contributed by atoms with Gasteiger partial charge in [-0.25, -0.2) is 13.1 Å². The third-order valence-corrected chi connectivity index (χ3v) is 6.94. The Bertz CT molecular complexity index is 748. The van der Waals surface area contributed by atoms with Gasteiger partial charge in [-0.2, -0.15) is 0 Å². The summed E-state index contributed by atoms with van der Waals surface area (Å²) in [5.41, 5.74) is 8.14. The molecule has 26 heavy (non-hydrogen) atoms. The molecule has 1 saturated heterocycles. The van der Waals surface area contributed by atoms with Crippen LogP contribution in [0, 0.1) is 0 Å². The van der Waals surface area contributed by atoms with E-state index in [1.807, 2.05) is 11.0 Å². The first-order chi connectivity index (χ1) is 12.5. The number of nitrogens with two attached hydrogens (primary N) is 1. The molecule has 1 aromatic rings. The molecule has 2 aliphatic rings. The molecule has 7 heteroatoms. The molecule has 1 heterocycles. The number of hydrogen-bond acceptors (Lipinski definition) is 4. The Morgan fingerprint density at radius 1 is 1.15 bits per heavy atom. The van der Waals surface area contributed by atoms with Crippen molar-refractivity contribution in [3.63, 3.8) is 0 Å². The number of sulfonamides is 1. The Morgan fingerprint density at radius 2 is 1.92 bits per heavy atom. The molecule has 1 aliphatic heterocycles. The summed E-state index contributed by atoms with van der Waals surface area (Å²) in [6.45, 7) is 1.30. The predicted octanol–water partition coefficient (Wildman–Crippen LogP) is 1.57. The number of piperidine rings is 1. The number of likely N-dealkylation sites (tertiary alicyclic amines) is 1. The minimum absolute atomic E-state index is 0.0201. The summed E-state index contributed by atoms with van der Waals surface area (Å²) in [6.07, 6.45) is 7.42. The van der Waals surface area contributed by atoms with Gasteiger partial charge in [-0.1, -0.05) is 6.07 Å². The Hall–Kier alpha value is -1.44. The highest BCUT2D eigenvalue weighted by atomic mass is 32.2. The van der Waals surface area contributed by atoms with Crippen LogP contribution < -0.4 is 10.5 Å². The van der Waals surface area contributed by atoms with Crippen LogP contribution in [0.15, 0.2) is 23.1 Å². The van der Waals surface area contributed by atoms with E-state index in [9.17, 15) is 13.2 Å². The van der Waals surface area contributed by atoms with Crippen LogP contribution in [0.25, 0.3) is 0 Å². The SMILES string of the molecule is NCC1CCCCN1C(=O)CCNS(=O)(=O)c1ccc2c(c1)CCCC2. The van der Waals surface area contributed by atoms with Gasteiger partial charge in [-0.15, -0.1) is 0 Å². The lowest BCUT2D eigenvalue weighted by Gasteiger charge is -2.35. The maximum atomic E-state index is 12.5. The van der Waals surface area contributed by atoms with E-state index in [-0.39, 0.29) is 24.9 Å². The number of carbonyl (C=O) groups is 1. The van der Waals surface area contributed by atoms with E-state index < -0.39 is 10.0 Å². The van der Waals surface area contributed by atoms with Crippen molar-refractivity contribution in [1.82, 2.24) is 9.62 Å². The van der Waals surface area contributed by atoms with Crippen LogP contribution in [-0.4, -0.2) is 44.9 Å². The Morgan fingerprint density at radius 3 is 2.69 bits per heavy atom. The normalized spacial score (nSPS) is 20.7. The van der Waals surface area contributed by atoms with Crippen molar-refractivity contribution in [1.29, 1.82) is 0 Å². The first-order valence-corrected chi connectivity index (χ1v) is 11.1. The maximum Gasteiger partial charge on any atom is 0.240 e. The zero-order valence-electron chi connectivity index (χ0n) is 15.2. The van der Waals surface area contributed by atoms with Crippen molar-refractivity contribution in [3.8, 4) is 0 Å². The molecule has 1 amide bonds. The van der Waals surface area contributed by atoms with Crippen LogP contribution in [0.5, 0.6) is 0 Å². The second-order valence-electron chi connectivity index (χ2n) is 7.26. The number of nitrogens with one attached hydrogen (secondary N) is 1. The number of aryl methyl sites for hydroxylation is 2. The summed E-state index contributed by atoms with van der Waals surface area (Å²) in [6, 6.07) is 5.47. The highest BCUT2D eigenvalue weighted by molar-refractivity contribution is 7.89. The Kier molecular flexibility index (Phi) is 6.32. The van der Waals surface area contributed by atoms with Gasteiger partial charge in [-0.3, -0.25) is 4.79 Å². The third kappa shape index (κ3) is 4.45. The topological polar surface area (TPSA) is 92.5 Å². The first kappa shape index (κ1) is 19.3. The standard InChI is InChI=1S/C19H29N3O3S/c20-14-17-7-3-4-12-22(17)19(23)10-11-21-26(24,25)18-9-8-15-5-1-2-6-16(15)13-18/h8-9,13,17,21H,1-7,10-12,14,20H2. The molecule has 1 aromatic carbocycles. The van der Waals surface area contributed by atoms with Crippen molar-refractivity contribution in [2.75, 3.05) is 19.6 Å². The second kappa shape index (κ2) is 8.50. The molecular formula is C19H29N3O3S. The summed E-state index contributed by atoms with van der Waals surface area (Å²) in [7, 11) is -3.58. The van der Waals surface area contributed by atoms with Crippen molar-refractivity contribution < 1.29 is 13.2 Å². The molecule has 3 rings (SSSR count). The van der Waals surface area contributed by atoms with Crippen LogP contribution in [0.2, 0.25) is 0 Å². The molecule has 0 bridgehead atoms. The lowest BCUT2D eigenvalue weighted by Crippen LogP contribution is -2.48. The summed E-state index contributed by atoms with van der Waals surface area (Å²) in [5, 5.41) is 0. The molecule has 0 aromatic heterocycles. The minimum Gasteiger partial charge on any atom is -0.338 e. The van der Waals surface area contributed by atoms with Gasteiger partial charge >= 0.3 is 0 Å². The number of amides is 1. The van der Waals surface area contributed by atoms with E-state index in [0.29, 0.717) is 11.4 Å². The zero-order valence-corrected chi connectivity index (χ0v) is 16.1. The van der Waals surface area contributed by atoms with Crippen LogP contribution in [0.4, 0.5) is 0 Å². The number of carbonyl (C=O) groups excluding carboxylic acids is 1. The first-order valence-electron chi connectivity index (χ1n) is 9.62. The molecule has 144 valence electrons. The van der Waals surface area contributed by atoms with Gasteiger partial charge in [0, 0.05) is 32.1 Å². The number of benzene rings is 1. The van der Waals surface area contributed by atoms with Crippen LogP contribution in [0.3, 0.4) is 0 Å². The smallest absolute Gasteiger partial charge is 0.240 e. The maximum absolute atomic E-state index is 12.5. The van der Waals surface area contributed by atoms with Gasteiger partial charge in [0.1, 0.15) is 0 Å². The molecule has 1 atom stereocenters. The van der Waals surface area contributed by atoms with Gasteiger partial charge in [0.2, 0.25) is 15.9 Å². The Balaban J connectivity index is 1.57. The van der Waals surface area contributed by atoms with Crippen molar-refractivity contribution >= 4 is 15.9 Å². The highest BCUT2D eigenvalue weighted by Crippen LogP contribution is 2.24. The van der Waals surface area contributed by atoms with Gasteiger partial charge < -0.3 is 10.6 Å². The number of hydrogen-bond donors (Lipinski definition) is 2. The third-order valence-electron chi connectivity index (χ3n) is 5.48. The largest absolute Gasteiger partial charge is 0.338 e. The van der Waals surface area contributed by atoms with Crippen molar-refractivity contribution in [2.24, 2.45) is 5.73 Å². The van der Waals surface area contributed by atoms with Gasteiger partial charge in [0.25, 0.3) is 0 Å². The summed E-state index contributed by atoms with van der Waals surface area (Å²) < 4.78 is 27.7. The monoisotopic (exact) mass is 379 g/mol. The van der Waals surface area contributed by atoms with Gasteiger partial charge in [0.15, 0.2) is 0 Å². The molecule has 6 nitrogen and oxygen atoms in total. The molecule has 1 unspecified atom stereocenters. The van der Waals surface area contributed by atoms with Gasteiger partial charge in [-0.05, 0) is 68.2 Å². The fourth-order valence-corrected chi connectivity index (χ4v) is 5.05. The zero-order chi connectivity index (χ0) is 18.6. The van der Waals surface area contributed by atoms with E-state index >= 15 is 0 Å². The fourth-order valence-electron chi connectivity index (χ4n) is 3.97. The predicted molar refractivity (Wildman–Crippen MR) is 101 cm³/mol. The lowest BCUT2D eigenvalue weighted by molar-refractivity contribution is -0.134. The molecular weight excluding hydrogens is 350 g/mol. The highest BCUT2D eigenvalue weighted by Gasteiger charge is 2.25. The molecule has 1 fully saturated rings. The van der Waals surface area contributed by atoms with E-state index in [4.69, 9.17) is 5.73 Å². The number of fused-ring (bicyclic) bond motifs is 1. The van der Waals surface area contributed by atoms with E-state index in [1.165, 1.54) is 12.0 Å². The molecule has 0 spiro atoms. The fraction of sp³-hybridized carbons (Fsp3) is 0.632. The van der Waals surface area contributed by atoms with Crippen LogP contribution in [-0.2, 0) is 27.7 Å². The Labute approximate surface area is 156 Å².